The number of Topliss-reactive ketones (excluding diaryl/α,β-unsaturated/α-hetero) is 1. The highest BCUT2D eigenvalue weighted by Crippen LogP contribution is 2.20. The zero-order valence-electron chi connectivity index (χ0n) is 10.0. The summed E-state index contributed by atoms with van der Waals surface area (Å²) in [6.07, 6.45) is 0. The maximum Gasteiger partial charge on any atom is 0.163 e. The van der Waals surface area contributed by atoms with Crippen LogP contribution in [0.3, 0.4) is 0 Å². The first-order chi connectivity index (χ1) is 8.66. The van der Waals surface area contributed by atoms with Crippen molar-refractivity contribution in [3.63, 3.8) is 0 Å². The Hall–Kier alpha value is -1.80. The molecule has 2 rings (SSSR count). The van der Waals surface area contributed by atoms with E-state index in [1.807, 2.05) is 36.4 Å². The van der Waals surface area contributed by atoms with Gasteiger partial charge in [-0.25, -0.2) is 0 Å². The first kappa shape index (κ1) is 12.7. The quantitative estimate of drug-likeness (QED) is 0.773. The van der Waals surface area contributed by atoms with E-state index in [2.05, 4.69) is 0 Å². The van der Waals surface area contributed by atoms with Gasteiger partial charge in [-0.15, -0.1) is 0 Å². The van der Waals surface area contributed by atoms with Crippen LogP contribution in [0.5, 0.6) is 5.75 Å². The van der Waals surface area contributed by atoms with Crippen LogP contribution in [0.2, 0.25) is 5.02 Å². The van der Waals surface area contributed by atoms with Gasteiger partial charge in [-0.1, -0.05) is 35.9 Å². The lowest BCUT2D eigenvalue weighted by Crippen LogP contribution is -2.01. The van der Waals surface area contributed by atoms with Crippen molar-refractivity contribution in [3.05, 3.63) is 64.7 Å². The van der Waals surface area contributed by atoms with Gasteiger partial charge in [0.1, 0.15) is 12.4 Å². The summed E-state index contributed by atoms with van der Waals surface area (Å²) in [6.45, 7) is 1.92. The smallest absolute Gasteiger partial charge is 0.163 e. The highest BCUT2D eigenvalue weighted by Gasteiger charge is 2.07. The van der Waals surface area contributed by atoms with E-state index >= 15 is 0 Å². The number of hydrogen-bond acceptors (Lipinski definition) is 2. The number of carbonyl (C=O) groups is 1. The SMILES string of the molecule is CC(=O)c1ccccc1OCc1cccc(Cl)c1. The van der Waals surface area contributed by atoms with Gasteiger partial charge in [0, 0.05) is 5.02 Å². The molecule has 0 aromatic heterocycles. The number of ketones is 1. The molecule has 2 nitrogen and oxygen atoms in total. The molecule has 3 heteroatoms. The van der Waals surface area contributed by atoms with Crippen molar-refractivity contribution in [3.8, 4) is 5.75 Å². The summed E-state index contributed by atoms with van der Waals surface area (Å²) < 4.78 is 5.66. The molecule has 0 saturated heterocycles. The van der Waals surface area contributed by atoms with E-state index in [-0.39, 0.29) is 5.78 Å². The third-order valence-corrected chi connectivity index (χ3v) is 2.78. The van der Waals surface area contributed by atoms with Gasteiger partial charge in [0.2, 0.25) is 0 Å². The molecule has 0 spiro atoms. The number of benzene rings is 2. The van der Waals surface area contributed by atoms with Gasteiger partial charge in [0.05, 0.1) is 5.56 Å². The van der Waals surface area contributed by atoms with Crippen molar-refractivity contribution in [2.75, 3.05) is 0 Å². The number of ether oxygens (including phenoxy) is 1. The predicted molar refractivity (Wildman–Crippen MR) is 72.2 cm³/mol. The van der Waals surface area contributed by atoms with Gasteiger partial charge < -0.3 is 4.74 Å². The number of halogens is 1. The Morgan fingerprint density at radius 3 is 2.67 bits per heavy atom. The lowest BCUT2D eigenvalue weighted by molar-refractivity contribution is 0.101. The predicted octanol–water partition coefficient (Wildman–Crippen LogP) is 4.12. The topological polar surface area (TPSA) is 26.3 Å². The van der Waals surface area contributed by atoms with Crippen LogP contribution in [0.4, 0.5) is 0 Å². The largest absolute Gasteiger partial charge is 0.488 e. The van der Waals surface area contributed by atoms with Crippen molar-refractivity contribution in [2.24, 2.45) is 0 Å². The average Bonchev–Trinajstić information content (AvgIpc) is 2.37. The van der Waals surface area contributed by atoms with Gasteiger partial charge in [-0.05, 0) is 36.8 Å². The van der Waals surface area contributed by atoms with Gasteiger partial charge in [-0.2, -0.15) is 0 Å². The monoisotopic (exact) mass is 260 g/mol. The fourth-order valence-electron chi connectivity index (χ4n) is 1.67. The van der Waals surface area contributed by atoms with Gasteiger partial charge >= 0.3 is 0 Å². The fraction of sp³-hybridized carbons (Fsp3) is 0.133. The van der Waals surface area contributed by atoms with E-state index < -0.39 is 0 Å². The summed E-state index contributed by atoms with van der Waals surface area (Å²) in [7, 11) is 0. The Morgan fingerprint density at radius 1 is 1.17 bits per heavy atom. The zero-order valence-corrected chi connectivity index (χ0v) is 10.8. The van der Waals surface area contributed by atoms with E-state index in [0.29, 0.717) is 22.9 Å². The molecule has 0 saturated carbocycles. The third-order valence-electron chi connectivity index (χ3n) is 2.55. The summed E-state index contributed by atoms with van der Waals surface area (Å²) >= 11 is 5.90. The minimum absolute atomic E-state index is 0.00306. The van der Waals surface area contributed by atoms with Gasteiger partial charge in [-0.3, -0.25) is 4.79 Å². The molecule has 0 N–H and O–H groups in total. The Labute approximate surface area is 111 Å². The van der Waals surface area contributed by atoms with E-state index in [1.54, 1.807) is 12.1 Å². The van der Waals surface area contributed by atoms with Crippen LogP contribution in [-0.2, 0) is 6.61 Å². The normalized spacial score (nSPS) is 10.1. The van der Waals surface area contributed by atoms with Crippen LogP contribution < -0.4 is 4.74 Å². The Balaban J connectivity index is 2.13. The van der Waals surface area contributed by atoms with Gasteiger partial charge in [0.15, 0.2) is 5.78 Å². The molecular formula is C15H13ClO2. The molecule has 2 aromatic carbocycles. The minimum Gasteiger partial charge on any atom is -0.488 e. The second kappa shape index (κ2) is 5.69. The van der Waals surface area contributed by atoms with Crippen molar-refractivity contribution in [2.45, 2.75) is 13.5 Å². The Morgan fingerprint density at radius 2 is 1.94 bits per heavy atom. The number of para-hydroxylation sites is 1. The highest BCUT2D eigenvalue weighted by atomic mass is 35.5. The standard InChI is InChI=1S/C15H13ClO2/c1-11(17)14-7-2-3-8-15(14)18-10-12-5-4-6-13(16)9-12/h2-9H,10H2,1H3. The maximum atomic E-state index is 11.4. The molecule has 0 bridgehead atoms. The lowest BCUT2D eigenvalue weighted by Gasteiger charge is -2.09. The molecule has 0 heterocycles. The van der Waals surface area contributed by atoms with E-state index in [0.717, 1.165) is 5.56 Å². The molecule has 0 aliphatic carbocycles. The van der Waals surface area contributed by atoms with Crippen LogP contribution in [0.15, 0.2) is 48.5 Å². The summed E-state index contributed by atoms with van der Waals surface area (Å²) in [5.74, 6) is 0.599. The summed E-state index contributed by atoms with van der Waals surface area (Å²) in [5, 5.41) is 0.677. The molecule has 0 aliphatic rings. The number of carbonyl (C=O) groups excluding carboxylic acids is 1. The van der Waals surface area contributed by atoms with E-state index in [1.165, 1.54) is 6.92 Å². The molecule has 18 heavy (non-hydrogen) atoms. The molecule has 0 atom stereocenters. The Kier molecular flexibility index (Phi) is 4.00. The molecule has 2 aromatic rings. The number of rotatable bonds is 4. The van der Waals surface area contributed by atoms with Crippen LogP contribution in [-0.4, -0.2) is 5.78 Å². The molecule has 0 amide bonds. The fourth-order valence-corrected chi connectivity index (χ4v) is 1.88. The minimum atomic E-state index is -0.00306. The van der Waals surface area contributed by atoms with Gasteiger partial charge in [0.25, 0.3) is 0 Å². The average molecular weight is 261 g/mol. The molecule has 92 valence electrons. The van der Waals surface area contributed by atoms with Crippen LogP contribution in [0, 0.1) is 0 Å². The Bertz CT molecular complexity index is 564. The summed E-state index contributed by atoms with van der Waals surface area (Å²) in [5.41, 5.74) is 1.57. The molecular weight excluding hydrogens is 248 g/mol. The van der Waals surface area contributed by atoms with Crippen LogP contribution >= 0.6 is 11.6 Å². The second-order valence-electron chi connectivity index (χ2n) is 3.97. The third kappa shape index (κ3) is 3.11. The van der Waals surface area contributed by atoms with Crippen LogP contribution in [0.25, 0.3) is 0 Å². The van der Waals surface area contributed by atoms with E-state index in [9.17, 15) is 4.79 Å². The van der Waals surface area contributed by atoms with Crippen molar-refractivity contribution < 1.29 is 9.53 Å². The lowest BCUT2D eigenvalue weighted by atomic mass is 10.1. The van der Waals surface area contributed by atoms with Crippen LogP contribution in [0.1, 0.15) is 22.8 Å². The van der Waals surface area contributed by atoms with Crippen molar-refractivity contribution in [1.29, 1.82) is 0 Å². The first-order valence-corrected chi connectivity index (χ1v) is 6.02. The van der Waals surface area contributed by atoms with Crippen molar-refractivity contribution >= 4 is 17.4 Å². The first-order valence-electron chi connectivity index (χ1n) is 5.64. The van der Waals surface area contributed by atoms with E-state index in [4.69, 9.17) is 16.3 Å². The molecule has 0 fully saturated rings. The maximum absolute atomic E-state index is 11.4. The summed E-state index contributed by atoms with van der Waals surface area (Å²) in [6, 6.07) is 14.7. The highest BCUT2D eigenvalue weighted by molar-refractivity contribution is 6.30. The molecule has 0 unspecified atom stereocenters. The zero-order chi connectivity index (χ0) is 13.0. The summed E-state index contributed by atoms with van der Waals surface area (Å²) in [4.78, 5) is 11.4. The van der Waals surface area contributed by atoms with Crippen molar-refractivity contribution in [1.82, 2.24) is 0 Å². The molecule has 0 aliphatic heterocycles. The molecule has 0 radical (unpaired) electrons. The number of hydrogen-bond donors (Lipinski definition) is 0. The second-order valence-corrected chi connectivity index (χ2v) is 4.41.